The first-order chi connectivity index (χ1) is 5.90. The molecule has 0 saturated heterocycles. The number of rotatable bonds is 3. The van der Waals surface area contributed by atoms with E-state index in [1.165, 1.54) is 19.3 Å². The minimum Gasteiger partial charge on any atom is -0.222 e. The summed E-state index contributed by atoms with van der Waals surface area (Å²) in [7, 11) is 0. The van der Waals surface area contributed by atoms with Crippen LogP contribution in [0.25, 0.3) is 0 Å². The van der Waals surface area contributed by atoms with Gasteiger partial charge in [0.25, 0.3) is 0 Å². The second-order valence-electron chi connectivity index (χ2n) is 4.51. The van der Waals surface area contributed by atoms with Crippen molar-refractivity contribution in [2.45, 2.75) is 53.9 Å². The Kier molecular flexibility index (Phi) is 9.16. The maximum atomic E-state index is 8.35. The SMILES string of the molecule is CCCCC(C)C(C)(C)C.N=C=O. The molecular weight excluding hydrogens is 162 g/mol. The van der Waals surface area contributed by atoms with Crippen molar-refractivity contribution in [3.63, 3.8) is 0 Å². The molecule has 0 heterocycles. The van der Waals surface area contributed by atoms with E-state index in [-0.39, 0.29) is 0 Å². The fourth-order valence-electron chi connectivity index (χ4n) is 0.943. The first kappa shape index (κ1) is 14.9. The van der Waals surface area contributed by atoms with Gasteiger partial charge in [0.05, 0.1) is 0 Å². The summed E-state index contributed by atoms with van der Waals surface area (Å²) in [6.07, 6.45) is 4.86. The van der Waals surface area contributed by atoms with Gasteiger partial charge >= 0.3 is 0 Å². The number of isocyanates is 1. The van der Waals surface area contributed by atoms with E-state index >= 15 is 0 Å². The van der Waals surface area contributed by atoms with Gasteiger partial charge in [-0.3, -0.25) is 0 Å². The number of hydrogen-bond acceptors (Lipinski definition) is 2. The lowest BCUT2D eigenvalue weighted by molar-refractivity contribution is 0.242. The van der Waals surface area contributed by atoms with Crippen LogP contribution in [0.2, 0.25) is 0 Å². The molecule has 0 radical (unpaired) electrons. The first-order valence-electron chi connectivity index (χ1n) is 4.94. The van der Waals surface area contributed by atoms with Gasteiger partial charge in [0.15, 0.2) is 0 Å². The van der Waals surface area contributed by atoms with Crippen LogP contribution in [0.1, 0.15) is 53.9 Å². The summed E-state index contributed by atoms with van der Waals surface area (Å²) in [6.45, 7) is 11.6. The topological polar surface area (TPSA) is 40.9 Å². The Balaban J connectivity index is 0. The van der Waals surface area contributed by atoms with E-state index in [0.29, 0.717) is 5.41 Å². The van der Waals surface area contributed by atoms with Gasteiger partial charge in [-0.25, -0.2) is 10.2 Å². The van der Waals surface area contributed by atoms with Crippen LogP contribution in [0.5, 0.6) is 0 Å². The van der Waals surface area contributed by atoms with Gasteiger partial charge in [0.1, 0.15) is 0 Å². The van der Waals surface area contributed by atoms with Crippen LogP contribution in [0.3, 0.4) is 0 Å². The van der Waals surface area contributed by atoms with Gasteiger partial charge in [-0.1, -0.05) is 53.9 Å². The molecule has 1 unspecified atom stereocenters. The lowest BCUT2D eigenvalue weighted by Crippen LogP contribution is -2.16. The molecule has 0 aromatic carbocycles. The van der Waals surface area contributed by atoms with Crippen molar-refractivity contribution >= 4 is 6.08 Å². The Labute approximate surface area is 82.2 Å². The minimum absolute atomic E-state index is 0.509. The minimum atomic E-state index is 0.509. The number of hydrogen-bond donors (Lipinski definition) is 1. The molecular formula is C11H23NO. The predicted molar refractivity (Wildman–Crippen MR) is 56.6 cm³/mol. The molecule has 1 N–H and O–H groups in total. The molecule has 0 rings (SSSR count). The molecule has 0 aliphatic carbocycles. The molecule has 0 spiro atoms. The van der Waals surface area contributed by atoms with Crippen molar-refractivity contribution in [1.82, 2.24) is 0 Å². The smallest absolute Gasteiger partial charge is 0.222 e. The highest BCUT2D eigenvalue weighted by Gasteiger charge is 2.18. The van der Waals surface area contributed by atoms with Gasteiger partial charge in [-0.15, -0.1) is 0 Å². The standard InChI is InChI=1S/C10H22.CHNO/c1-6-7-8-9(2)10(3,4)5;2-1-3/h9H,6-8H2,1-5H3;2H. The van der Waals surface area contributed by atoms with Crippen LogP contribution in [-0.2, 0) is 4.79 Å². The lowest BCUT2D eigenvalue weighted by atomic mass is 9.79. The Hall–Kier alpha value is -0.620. The van der Waals surface area contributed by atoms with Gasteiger partial charge in [-0.2, -0.15) is 0 Å². The monoisotopic (exact) mass is 185 g/mol. The highest BCUT2D eigenvalue weighted by atomic mass is 16.1. The number of carbonyl (C=O) groups excluding carboxylic acids is 1. The molecule has 2 heteroatoms. The quantitative estimate of drug-likeness (QED) is 0.528. The summed E-state index contributed by atoms with van der Waals surface area (Å²) in [5.41, 5.74) is 0.509. The Morgan fingerprint density at radius 1 is 1.38 bits per heavy atom. The molecule has 0 bridgehead atoms. The predicted octanol–water partition coefficient (Wildman–Crippen LogP) is 3.76. The molecule has 78 valence electrons. The van der Waals surface area contributed by atoms with Crippen molar-refractivity contribution in [2.24, 2.45) is 11.3 Å². The zero-order chi connectivity index (χ0) is 10.9. The first-order valence-corrected chi connectivity index (χ1v) is 4.94. The van der Waals surface area contributed by atoms with Crippen LogP contribution < -0.4 is 0 Å². The molecule has 0 amide bonds. The largest absolute Gasteiger partial charge is 0.231 e. The number of nitrogens with one attached hydrogen (secondary N) is 1. The highest BCUT2D eigenvalue weighted by molar-refractivity contribution is 5.26. The lowest BCUT2D eigenvalue weighted by Gasteiger charge is -2.26. The molecule has 0 aliphatic heterocycles. The van der Waals surface area contributed by atoms with Crippen molar-refractivity contribution in [2.75, 3.05) is 0 Å². The zero-order valence-corrected chi connectivity index (χ0v) is 9.61. The Morgan fingerprint density at radius 3 is 2.00 bits per heavy atom. The summed E-state index contributed by atoms with van der Waals surface area (Å²) in [6, 6.07) is 0. The van der Waals surface area contributed by atoms with E-state index in [4.69, 9.17) is 10.2 Å². The average molecular weight is 185 g/mol. The Morgan fingerprint density at radius 2 is 1.77 bits per heavy atom. The van der Waals surface area contributed by atoms with E-state index < -0.39 is 0 Å². The van der Waals surface area contributed by atoms with Crippen molar-refractivity contribution in [3.8, 4) is 0 Å². The van der Waals surface area contributed by atoms with Gasteiger partial charge in [-0.05, 0) is 11.3 Å². The van der Waals surface area contributed by atoms with Crippen molar-refractivity contribution < 1.29 is 4.79 Å². The van der Waals surface area contributed by atoms with E-state index in [1.807, 2.05) is 0 Å². The van der Waals surface area contributed by atoms with E-state index in [2.05, 4.69) is 34.6 Å². The highest BCUT2D eigenvalue weighted by Crippen LogP contribution is 2.29. The summed E-state index contributed by atoms with van der Waals surface area (Å²) in [4.78, 5) is 8.35. The third-order valence-electron chi connectivity index (χ3n) is 2.47. The van der Waals surface area contributed by atoms with Gasteiger partial charge in [0.2, 0.25) is 6.08 Å². The maximum Gasteiger partial charge on any atom is 0.231 e. The van der Waals surface area contributed by atoms with E-state index in [1.54, 1.807) is 0 Å². The third-order valence-corrected chi connectivity index (χ3v) is 2.47. The molecule has 13 heavy (non-hydrogen) atoms. The molecule has 0 saturated carbocycles. The van der Waals surface area contributed by atoms with Crippen LogP contribution in [-0.4, -0.2) is 6.08 Å². The molecule has 0 aliphatic rings. The van der Waals surface area contributed by atoms with Crippen molar-refractivity contribution in [1.29, 1.82) is 5.41 Å². The molecule has 0 aromatic heterocycles. The fraction of sp³-hybridized carbons (Fsp3) is 0.909. The number of unbranched alkanes of at least 4 members (excludes halogenated alkanes) is 1. The zero-order valence-electron chi connectivity index (χ0n) is 9.61. The third kappa shape index (κ3) is 11.4. The Bertz CT molecular complexity index is 141. The van der Waals surface area contributed by atoms with Crippen LogP contribution >= 0.6 is 0 Å². The molecule has 0 fully saturated rings. The fourth-order valence-corrected chi connectivity index (χ4v) is 0.943. The normalized spacial score (nSPS) is 12.4. The van der Waals surface area contributed by atoms with Crippen LogP contribution in [0.4, 0.5) is 0 Å². The van der Waals surface area contributed by atoms with E-state index in [9.17, 15) is 0 Å². The van der Waals surface area contributed by atoms with E-state index in [0.717, 1.165) is 12.0 Å². The van der Waals surface area contributed by atoms with Crippen molar-refractivity contribution in [3.05, 3.63) is 0 Å². The summed E-state index contributed by atoms with van der Waals surface area (Å²) in [5, 5.41) is 5.40. The molecule has 0 aromatic rings. The summed E-state index contributed by atoms with van der Waals surface area (Å²) < 4.78 is 0. The second kappa shape index (κ2) is 8.00. The second-order valence-corrected chi connectivity index (χ2v) is 4.51. The van der Waals surface area contributed by atoms with Gasteiger partial charge in [0, 0.05) is 0 Å². The van der Waals surface area contributed by atoms with Crippen LogP contribution in [0, 0.1) is 16.7 Å². The maximum absolute atomic E-state index is 8.35. The molecule has 2 nitrogen and oxygen atoms in total. The van der Waals surface area contributed by atoms with Gasteiger partial charge < -0.3 is 0 Å². The summed E-state index contributed by atoms with van der Waals surface area (Å²) >= 11 is 0. The van der Waals surface area contributed by atoms with Crippen LogP contribution in [0.15, 0.2) is 0 Å². The average Bonchev–Trinajstić information content (AvgIpc) is 1.99. The summed E-state index contributed by atoms with van der Waals surface area (Å²) in [5.74, 6) is 0.868. The molecule has 1 atom stereocenters.